The Morgan fingerprint density at radius 3 is 2.03 bits per heavy atom. The molecule has 0 amide bonds. The summed E-state index contributed by atoms with van der Waals surface area (Å²) in [4.78, 5) is 23.4. The van der Waals surface area contributed by atoms with Gasteiger partial charge in [0, 0.05) is 19.8 Å². The Hall–Kier alpha value is -1.40. The van der Waals surface area contributed by atoms with Crippen molar-refractivity contribution in [2.75, 3.05) is 20.3 Å². The number of hydrogen-bond acceptors (Lipinski definition) is 6. The number of carbonyl (C=O) groups excluding carboxylic acids is 2. The minimum absolute atomic E-state index is 0.0125. The maximum Gasteiger partial charge on any atom is 0.330 e. The molecule has 0 N–H and O–H groups in total. The number of esters is 2. The Balaban J connectivity index is 1.47. The van der Waals surface area contributed by atoms with Crippen LogP contribution in [0.3, 0.4) is 0 Å². The maximum atomic E-state index is 12.4. The summed E-state index contributed by atoms with van der Waals surface area (Å²) in [5.74, 6) is -0.332. The van der Waals surface area contributed by atoms with Gasteiger partial charge in [0.05, 0.1) is 24.7 Å². The van der Waals surface area contributed by atoms with Crippen LogP contribution in [0, 0.1) is 5.92 Å². The lowest BCUT2D eigenvalue weighted by Crippen LogP contribution is -2.32. The van der Waals surface area contributed by atoms with E-state index >= 15 is 0 Å². The van der Waals surface area contributed by atoms with E-state index in [1.54, 1.807) is 7.11 Å². The van der Waals surface area contributed by atoms with Crippen molar-refractivity contribution in [3.8, 4) is 0 Å². The molecule has 0 unspecified atom stereocenters. The summed E-state index contributed by atoms with van der Waals surface area (Å²) in [6.07, 6.45) is 13.2. The smallest absolute Gasteiger partial charge is 0.330 e. The van der Waals surface area contributed by atoms with Crippen LogP contribution in [0.5, 0.6) is 0 Å². The van der Waals surface area contributed by atoms with Gasteiger partial charge in [0.25, 0.3) is 0 Å². The topological polar surface area (TPSA) is 71.1 Å². The predicted molar refractivity (Wildman–Crippen MR) is 110 cm³/mol. The van der Waals surface area contributed by atoms with Gasteiger partial charge in [-0.25, -0.2) is 4.79 Å². The fourth-order valence-electron chi connectivity index (χ4n) is 4.15. The van der Waals surface area contributed by atoms with E-state index in [0.29, 0.717) is 12.7 Å². The number of hydrogen-bond donors (Lipinski definition) is 0. The van der Waals surface area contributed by atoms with Crippen LogP contribution in [0.15, 0.2) is 12.7 Å². The summed E-state index contributed by atoms with van der Waals surface area (Å²) in [7, 11) is 1.75. The second-order valence-corrected chi connectivity index (χ2v) is 8.20. The fraction of sp³-hybridized carbons (Fsp3) is 0.826. The Morgan fingerprint density at radius 2 is 1.41 bits per heavy atom. The van der Waals surface area contributed by atoms with Crippen LogP contribution in [-0.4, -0.2) is 50.6 Å². The molecule has 2 fully saturated rings. The molecular weight excluding hydrogens is 372 g/mol. The quantitative estimate of drug-likeness (QED) is 0.271. The van der Waals surface area contributed by atoms with Crippen LogP contribution in [0.1, 0.15) is 77.0 Å². The first-order valence-corrected chi connectivity index (χ1v) is 11.3. The van der Waals surface area contributed by atoms with E-state index in [1.807, 2.05) is 0 Å². The van der Waals surface area contributed by atoms with Crippen molar-refractivity contribution in [3.05, 3.63) is 12.7 Å². The van der Waals surface area contributed by atoms with Crippen molar-refractivity contribution in [3.63, 3.8) is 0 Å². The average molecular weight is 411 g/mol. The SMILES string of the molecule is C=CC(=O)OCCCCCCOC1CCC(C(=O)OC2CCC(OC)CC2)CC1. The molecule has 2 saturated carbocycles. The third-order valence-corrected chi connectivity index (χ3v) is 6.05. The Labute approximate surface area is 175 Å². The summed E-state index contributed by atoms with van der Waals surface area (Å²) in [6, 6.07) is 0. The zero-order chi connectivity index (χ0) is 20.9. The molecule has 0 spiro atoms. The molecule has 0 bridgehead atoms. The van der Waals surface area contributed by atoms with Crippen LogP contribution in [0.4, 0.5) is 0 Å². The van der Waals surface area contributed by atoms with E-state index in [9.17, 15) is 9.59 Å². The van der Waals surface area contributed by atoms with E-state index < -0.39 is 0 Å². The molecule has 0 aromatic carbocycles. The minimum atomic E-state index is -0.355. The van der Waals surface area contributed by atoms with E-state index in [4.69, 9.17) is 18.9 Å². The third kappa shape index (κ3) is 9.30. The Kier molecular flexibility index (Phi) is 11.3. The number of ether oxygens (including phenoxy) is 4. The van der Waals surface area contributed by atoms with Crippen molar-refractivity contribution in [2.45, 2.75) is 95.4 Å². The minimum Gasteiger partial charge on any atom is -0.463 e. The molecule has 6 nitrogen and oxygen atoms in total. The molecule has 0 atom stereocenters. The summed E-state index contributed by atoms with van der Waals surface area (Å²) in [6.45, 7) is 4.59. The second kappa shape index (κ2) is 13.8. The molecular formula is C23H38O6. The van der Waals surface area contributed by atoms with E-state index in [0.717, 1.165) is 83.7 Å². The first-order chi connectivity index (χ1) is 14.1. The number of carbonyl (C=O) groups is 2. The van der Waals surface area contributed by atoms with E-state index in [1.165, 1.54) is 6.08 Å². The molecule has 2 rings (SSSR count). The van der Waals surface area contributed by atoms with Gasteiger partial charge in [-0.2, -0.15) is 0 Å². The predicted octanol–water partition coefficient (Wildman–Crippen LogP) is 4.35. The zero-order valence-electron chi connectivity index (χ0n) is 17.9. The summed E-state index contributed by atoms with van der Waals surface area (Å²) >= 11 is 0. The van der Waals surface area contributed by atoms with Crippen LogP contribution in [0.25, 0.3) is 0 Å². The van der Waals surface area contributed by atoms with Crippen molar-refractivity contribution >= 4 is 11.9 Å². The Morgan fingerprint density at radius 1 is 0.828 bits per heavy atom. The molecule has 0 aliphatic heterocycles. The summed E-state index contributed by atoms with van der Waals surface area (Å²) in [5, 5.41) is 0. The zero-order valence-corrected chi connectivity index (χ0v) is 17.9. The summed E-state index contributed by atoms with van der Waals surface area (Å²) < 4.78 is 22.1. The van der Waals surface area contributed by atoms with E-state index in [2.05, 4.69) is 6.58 Å². The fourth-order valence-corrected chi connectivity index (χ4v) is 4.15. The lowest BCUT2D eigenvalue weighted by Gasteiger charge is -2.31. The van der Waals surface area contributed by atoms with Crippen molar-refractivity contribution in [1.82, 2.24) is 0 Å². The third-order valence-electron chi connectivity index (χ3n) is 6.05. The number of rotatable bonds is 12. The highest BCUT2D eigenvalue weighted by Gasteiger charge is 2.30. The van der Waals surface area contributed by atoms with Gasteiger partial charge in [-0.05, 0) is 70.6 Å². The monoisotopic (exact) mass is 410 g/mol. The second-order valence-electron chi connectivity index (χ2n) is 8.20. The molecule has 0 radical (unpaired) electrons. The number of unbranched alkanes of at least 4 members (excludes halogenated alkanes) is 3. The molecule has 2 aliphatic carbocycles. The molecule has 0 aromatic rings. The van der Waals surface area contributed by atoms with Crippen molar-refractivity contribution in [2.24, 2.45) is 5.92 Å². The molecule has 29 heavy (non-hydrogen) atoms. The van der Waals surface area contributed by atoms with Crippen LogP contribution >= 0.6 is 0 Å². The molecule has 0 heterocycles. The molecule has 0 saturated heterocycles. The molecule has 6 heteroatoms. The maximum absolute atomic E-state index is 12.4. The average Bonchev–Trinajstić information content (AvgIpc) is 2.76. The van der Waals surface area contributed by atoms with Gasteiger partial charge in [-0.1, -0.05) is 13.0 Å². The lowest BCUT2D eigenvalue weighted by atomic mass is 9.87. The molecule has 2 aliphatic rings. The highest BCUT2D eigenvalue weighted by atomic mass is 16.5. The van der Waals surface area contributed by atoms with Gasteiger partial charge in [-0.3, -0.25) is 4.79 Å². The van der Waals surface area contributed by atoms with Gasteiger partial charge in [0.2, 0.25) is 0 Å². The van der Waals surface area contributed by atoms with Gasteiger partial charge in [-0.15, -0.1) is 0 Å². The first kappa shape index (κ1) is 23.9. The van der Waals surface area contributed by atoms with E-state index in [-0.39, 0.29) is 30.1 Å². The largest absolute Gasteiger partial charge is 0.463 e. The highest BCUT2D eigenvalue weighted by Crippen LogP contribution is 2.30. The molecule has 166 valence electrons. The molecule has 0 aromatic heterocycles. The van der Waals surface area contributed by atoms with Gasteiger partial charge < -0.3 is 18.9 Å². The van der Waals surface area contributed by atoms with Crippen molar-refractivity contribution < 1.29 is 28.5 Å². The Bertz CT molecular complexity index is 490. The van der Waals surface area contributed by atoms with Crippen molar-refractivity contribution in [1.29, 1.82) is 0 Å². The van der Waals surface area contributed by atoms with Crippen LogP contribution in [-0.2, 0) is 28.5 Å². The highest BCUT2D eigenvalue weighted by molar-refractivity contribution is 5.81. The van der Waals surface area contributed by atoms with Gasteiger partial charge in [0.1, 0.15) is 6.10 Å². The standard InChI is InChI=1S/C23H38O6/c1-3-22(24)28-17-7-5-4-6-16-27-20-10-8-18(9-11-20)23(25)29-21-14-12-19(26-2)13-15-21/h3,18-21H,1,4-17H2,2H3. The van der Waals surface area contributed by atoms with Crippen LogP contribution in [0.2, 0.25) is 0 Å². The van der Waals surface area contributed by atoms with Gasteiger partial charge in [0.15, 0.2) is 0 Å². The lowest BCUT2D eigenvalue weighted by molar-refractivity contribution is -0.159. The van der Waals surface area contributed by atoms with Gasteiger partial charge >= 0.3 is 11.9 Å². The number of methoxy groups -OCH3 is 1. The summed E-state index contributed by atoms with van der Waals surface area (Å²) in [5.41, 5.74) is 0. The normalized spacial score (nSPS) is 27.2. The first-order valence-electron chi connectivity index (χ1n) is 11.3. The van der Waals surface area contributed by atoms with Crippen LogP contribution < -0.4 is 0 Å².